The Morgan fingerprint density at radius 3 is 2.60 bits per heavy atom. The van der Waals surface area contributed by atoms with Crippen LogP contribution in [0.25, 0.3) is 0 Å². The molecule has 0 amide bonds. The fourth-order valence-corrected chi connectivity index (χ4v) is 1.78. The summed E-state index contributed by atoms with van der Waals surface area (Å²) in [7, 11) is 0. The molecule has 4 heteroatoms. The Kier molecular flexibility index (Phi) is 2.82. The second-order valence-corrected chi connectivity index (χ2v) is 4.04. The van der Waals surface area contributed by atoms with Crippen LogP contribution in [0.2, 0.25) is 0 Å². The van der Waals surface area contributed by atoms with Crippen LogP contribution in [0.1, 0.15) is 25.5 Å². The predicted molar refractivity (Wildman–Crippen MR) is 57.4 cm³/mol. The molecule has 1 saturated heterocycles. The number of rotatable bonds is 1. The molecule has 0 saturated carbocycles. The summed E-state index contributed by atoms with van der Waals surface area (Å²) < 4.78 is 0. The van der Waals surface area contributed by atoms with E-state index >= 15 is 0 Å². The summed E-state index contributed by atoms with van der Waals surface area (Å²) in [6, 6.07) is 1.97. The van der Waals surface area contributed by atoms with Gasteiger partial charge in [0.25, 0.3) is 0 Å². The third-order valence-electron chi connectivity index (χ3n) is 2.86. The van der Waals surface area contributed by atoms with Crippen molar-refractivity contribution < 1.29 is 0 Å². The minimum Gasteiger partial charge on any atom is -0.355 e. The molecule has 1 aliphatic rings. The summed E-state index contributed by atoms with van der Waals surface area (Å²) >= 11 is 0. The van der Waals surface area contributed by atoms with Crippen LogP contribution < -0.4 is 4.90 Å². The van der Waals surface area contributed by atoms with Gasteiger partial charge in [-0.05, 0) is 18.8 Å². The number of hydrogen-bond donors (Lipinski definition) is 0. The molecule has 0 N–H and O–H groups in total. The van der Waals surface area contributed by atoms with E-state index in [2.05, 4.69) is 21.8 Å². The summed E-state index contributed by atoms with van der Waals surface area (Å²) in [5, 5.41) is 8.61. The quantitative estimate of drug-likeness (QED) is 0.693. The Balaban J connectivity index is 2.07. The van der Waals surface area contributed by atoms with Crippen molar-refractivity contribution in [2.45, 2.75) is 19.8 Å². The third-order valence-corrected chi connectivity index (χ3v) is 2.86. The van der Waals surface area contributed by atoms with Crippen LogP contribution in [0.15, 0.2) is 12.4 Å². The lowest BCUT2D eigenvalue weighted by Crippen LogP contribution is -2.33. The molecule has 2 rings (SSSR count). The normalized spacial score (nSPS) is 17.5. The number of piperidine rings is 1. The van der Waals surface area contributed by atoms with E-state index in [9.17, 15) is 0 Å². The smallest absolute Gasteiger partial charge is 0.158 e. The average molecular weight is 202 g/mol. The van der Waals surface area contributed by atoms with E-state index in [1.165, 1.54) is 19.0 Å². The number of hydrogen-bond acceptors (Lipinski definition) is 4. The van der Waals surface area contributed by atoms with Crippen molar-refractivity contribution in [3.05, 3.63) is 18.1 Å². The molecule has 1 aromatic rings. The highest BCUT2D eigenvalue weighted by Gasteiger charge is 2.16. The largest absolute Gasteiger partial charge is 0.355 e. The molecule has 1 aliphatic heterocycles. The minimum atomic E-state index is 0.379. The standard InChI is InChI=1S/C11H14N4/c1-9-2-4-15(5-3-9)11-8-13-10(6-12)7-14-11/h7-9H,2-5H2,1H3. The van der Waals surface area contributed by atoms with Crippen molar-refractivity contribution in [2.75, 3.05) is 18.0 Å². The summed E-state index contributed by atoms with van der Waals surface area (Å²) in [5.74, 6) is 1.70. The van der Waals surface area contributed by atoms with Crippen LogP contribution >= 0.6 is 0 Å². The lowest BCUT2D eigenvalue weighted by atomic mass is 9.99. The average Bonchev–Trinajstić information content (AvgIpc) is 2.30. The molecule has 0 aromatic carbocycles. The van der Waals surface area contributed by atoms with Crippen molar-refractivity contribution in [1.29, 1.82) is 5.26 Å². The molecular weight excluding hydrogens is 188 g/mol. The van der Waals surface area contributed by atoms with Crippen molar-refractivity contribution in [2.24, 2.45) is 5.92 Å². The van der Waals surface area contributed by atoms with Crippen LogP contribution in [-0.2, 0) is 0 Å². The number of nitrogens with zero attached hydrogens (tertiary/aromatic N) is 4. The molecule has 0 atom stereocenters. The molecular formula is C11H14N4. The Labute approximate surface area is 89.6 Å². The molecule has 2 heterocycles. The monoisotopic (exact) mass is 202 g/mol. The Morgan fingerprint density at radius 1 is 1.33 bits per heavy atom. The highest BCUT2D eigenvalue weighted by Crippen LogP contribution is 2.20. The van der Waals surface area contributed by atoms with Crippen LogP contribution in [0, 0.1) is 17.2 Å². The highest BCUT2D eigenvalue weighted by molar-refractivity contribution is 5.37. The fraction of sp³-hybridized carbons (Fsp3) is 0.545. The van der Waals surface area contributed by atoms with Gasteiger partial charge in [-0.15, -0.1) is 0 Å². The maximum Gasteiger partial charge on any atom is 0.158 e. The van der Waals surface area contributed by atoms with E-state index in [4.69, 9.17) is 5.26 Å². The van der Waals surface area contributed by atoms with Gasteiger partial charge in [-0.25, -0.2) is 9.97 Å². The molecule has 15 heavy (non-hydrogen) atoms. The fourth-order valence-electron chi connectivity index (χ4n) is 1.78. The molecule has 1 aromatic heterocycles. The summed E-state index contributed by atoms with van der Waals surface area (Å²) in [4.78, 5) is 10.5. The molecule has 4 nitrogen and oxygen atoms in total. The summed E-state index contributed by atoms with van der Waals surface area (Å²) in [5.41, 5.74) is 0.379. The molecule has 0 bridgehead atoms. The number of nitriles is 1. The molecule has 0 aliphatic carbocycles. The van der Waals surface area contributed by atoms with E-state index in [1.807, 2.05) is 6.07 Å². The predicted octanol–water partition coefficient (Wildman–Crippen LogP) is 1.58. The van der Waals surface area contributed by atoms with Crippen LogP contribution in [0.4, 0.5) is 5.82 Å². The maximum absolute atomic E-state index is 8.61. The Hall–Kier alpha value is -1.63. The van der Waals surface area contributed by atoms with Gasteiger partial charge in [0.1, 0.15) is 11.9 Å². The second kappa shape index (κ2) is 4.26. The zero-order chi connectivity index (χ0) is 10.7. The molecule has 1 fully saturated rings. The lowest BCUT2D eigenvalue weighted by molar-refractivity contribution is 0.436. The SMILES string of the molecule is CC1CCN(c2cnc(C#N)cn2)CC1. The Morgan fingerprint density at radius 2 is 2.07 bits per heavy atom. The number of anilines is 1. The summed E-state index contributed by atoms with van der Waals surface area (Å²) in [6.07, 6.45) is 5.64. The minimum absolute atomic E-state index is 0.379. The zero-order valence-corrected chi connectivity index (χ0v) is 8.85. The van der Waals surface area contributed by atoms with Gasteiger partial charge in [-0.3, -0.25) is 0 Å². The van der Waals surface area contributed by atoms with Gasteiger partial charge >= 0.3 is 0 Å². The molecule has 78 valence electrons. The zero-order valence-electron chi connectivity index (χ0n) is 8.85. The van der Waals surface area contributed by atoms with Crippen LogP contribution in [-0.4, -0.2) is 23.1 Å². The van der Waals surface area contributed by atoms with Gasteiger partial charge in [0.15, 0.2) is 5.69 Å². The lowest BCUT2D eigenvalue weighted by Gasteiger charge is -2.30. The Bertz CT molecular complexity index is 357. The number of aromatic nitrogens is 2. The van der Waals surface area contributed by atoms with Gasteiger partial charge in [0, 0.05) is 13.1 Å². The van der Waals surface area contributed by atoms with Crippen molar-refractivity contribution >= 4 is 5.82 Å². The van der Waals surface area contributed by atoms with Crippen LogP contribution in [0.3, 0.4) is 0 Å². The van der Waals surface area contributed by atoms with E-state index in [0.29, 0.717) is 5.69 Å². The topological polar surface area (TPSA) is 52.8 Å². The highest BCUT2D eigenvalue weighted by atomic mass is 15.2. The van der Waals surface area contributed by atoms with E-state index in [1.54, 1.807) is 6.20 Å². The van der Waals surface area contributed by atoms with Crippen LogP contribution in [0.5, 0.6) is 0 Å². The van der Waals surface area contributed by atoms with Gasteiger partial charge in [0.2, 0.25) is 0 Å². The van der Waals surface area contributed by atoms with Crippen molar-refractivity contribution in [3.63, 3.8) is 0 Å². The third kappa shape index (κ3) is 2.24. The van der Waals surface area contributed by atoms with Gasteiger partial charge < -0.3 is 4.90 Å². The first-order valence-corrected chi connectivity index (χ1v) is 5.26. The van der Waals surface area contributed by atoms with Gasteiger partial charge in [0.05, 0.1) is 12.4 Å². The summed E-state index contributed by atoms with van der Waals surface area (Å²) in [6.45, 7) is 4.37. The second-order valence-electron chi connectivity index (χ2n) is 4.04. The molecule has 0 spiro atoms. The first-order chi connectivity index (χ1) is 7.29. The molecule has 0 unspecified atom stereocenters. The van der Waals surface area contributed by atoms with Gasteiger partial charge in [-0.2, -0.15) is 5.26 Å². The first kappa shape index (κ1) is 9.91. The molecule has 0 radical (unpaired) electrons. The van der Waals surface area contributed by atoms with Crippen molar-refractivity contribution in [3.8, 4) is 6.07 Å². The first-order valence-electron chi connectivity index (χ1n) is 5.26. The van der Waals surface area contributed by atoms with Gasteiger partial charge in [-0.1, -0.05) is 6.92 Å². The maximum atomic E-state index is 8.61. The van der Waals surface area contributed by atoms with E-state index < -0.39 is 0 Å². The van der Waals surface area contributed by atoms with E-state index in [-0.39, 0.29) is 0 Å². The van der Waals surface area contributed by atoms with E-state index in [0.717, 1.165) is 24.8 Å². The van der Waals surface area contributed by atoms with Crippen molar-refractivity contribution in [1.82, 2.24) is 9.97 Å².